The molecule has 0 saturated carbocycles. The summed E-state index contributed by atoms with van der Waals surface area (Å²) in [6, 6.07) is 4.22. The first-order valence-electron chi connectivity index (χ1n) is 8.44. The van der Waals surface area contributed by atoms with Crippen LogP contribution in [-0.4, -0.2) is 41.0 Å². The van der Waals surface area contributed by atoms with Gasteiger partial charge in [0.15, 0.2) is 0 Å². The number of hydrogen-bond acceptors (Lipinski definition) is 4. The van der Waals surface area contributed by atoms with E-state index in [1.165, 1.54) is 11.8 Å². The molecule has 2 N–H and O–H groups in total. The van der Waals surface area contributed by atoms with Crippen LogP contribution in [0.15, 0.2) is 18.2 Å². The minimum absolute atomic E-state index is 0.234. The molecule has 0 radical (unpaired) electrons. The molecule has 1 aliphatic rings. The number of halogens is 1. The molecule has 1 saturated heterocycles. The number of rotatable bonds is 3. The predicted molar refractivity (Wildman–Crippen MR) is 100 cm³/mol. The van der Waals surface area contributed by atoms with Crippen molar-refractivity contribution in [2.24, 2.45) is 0 Å². The van der Waals surface area contributed by atoms with Gasteiger partial charge in [0, 0.05) is 19.2 Å². The Morgan fingerprint density at radius 3 is 2.50 bits per heavy atom. The van der Waals surface area contributed by atoms with Crippen LogP contribution in [0.25, 0.3) is 0 Å². The number of ether oxygens (including phenoxy) is 1. The van der Waals surface area contributed by atoms with E-state index in [1.54, 1.807) is 39.0 Å². The Labute approximate surface area is 158 Å². The zero-order chi connectivity index (χ0) is 19.5. The third-order valence-electron chi connectivity index (χ3n) is 3.73. The maximum Gasteiger partial charge on any atom is 0.410 e. The summed E-state index contributed by atoms with van der Waals surface area (Å²) in [7, 11) is 0. The van der Waals surface area contributed by atoms with Crippen LogP contribution in [0.5, 0.6) is 0 Å². The summed E-state index contributed by atoms with van der Waals surface area (Å²) < 4.78 is 5.37. The quantitative estimate of drug-likeness (QED) is 0.836. The van der Waals surface area contributed by atoms with Crippen LogP contribution < -0.4 is 10.6 Å². The van der Waals surface area contributed by atoms with E-state index in [1.807, 2.05) is 0 Å². The van der Waals surface area contributed by atoms with E-state index in [4.69, 9.17) is 16.3 Å². The second-order valence-corrected chi connectivity index (χ2v) is 7.60. The number of amides is 3. The highest BCUT2D eigenvalue weighted by Gasteiger charge is 2.36. The van der Waals surface area contributed by atoms with Crippen molar-refractivity contribution in [2.45, 2.75) is 52.2 Å². The summed E-state index contributed by atoms with van der Waals surface area (Å²) in [5.41, 5.74) is 0.340. The molecule has 7 nitrogen and oxygen atoms in total. The van der Waals surface area contributed by atoms with Crippen LogP contribution in [-0.2, 0) is 14.3 Å². The standard InChI is InChI=1S/C18H24ClN3O4/c1-11(23)20-14-8-7-12(10-13(14)19)21-16(24)15-6-5-9-22(15)17(25)26-18(2,3)4/h7-8,10,15H,5-6,9H2,1-4H3,(H,20,23)(H,21,24). The second kappa shape index (κ2) is 7.95. The van der Waals surface area contributed by atoms with Gasteiger partial charge >= 0.3 is 6.09 Å². The van der Waals surface area contributed by atoms with Crippen molar-refractivity contribution in [3.63, 3.8) is 0 Å². The lowest BCUT2D eigenvalue weighted by Crippen LogP contribution is -2.45. The minimum atomic E-state index is -0.617. The molecular formula is C18H24ClN3O4. The highest BCUT2D eigenvalue weighted by Crippen LogP contribution is 2.27. The molecule has 1 fully saturated rings. The zero-order valence-electron chi connectivity index (χ0n) is 15.4. The van der Waals surface area contributed by atoms with Crippen LogP contribution in [0.1, 0.15) is 40.5 Å². The highest BCUT2D eigenvalue weighted by molar-refractivity contribution is 6.34. The smallest absolute Gasteiger partial charge is 0.410 e. The number of hydrogen-bond donors (Lipinski definition) is 2. The fourth-order valence-electron chi connectivity index (χ4n) is 2.69. The van der Waals surface area contributed by atoms with Crippen LogP contribution >= 0.6 is 11.6 Å². The lowest BCUT2D eigenvalue weighted by Gasteiger charge is -2.28. The number of likely N-dealkylation sites (tertiary alicyclic amines) is 1. The average Bonchev–Trinajstić information content (AvgIpc) is 2.97. The molecule has 8 heteroatoms. The summed E-state index contributed by atoms with van der Waals surface area (Å²) in [5, 5.41) is 5.68. The molecule has 1 unspecified atom stereocenters. The largest absolute Gasteiger partial charge is 0.444 e. The van der Waals surface area contributed by atoms with Gasteiger partial charge in [-0.2, -0.15) is 0 Å². The van der Waals surface area contributed by atoms with Crippen molar-refractivity contribution in [1.29, 1.82) is 0 Å². The molecule has 26 heavy (non-hydrogen) atoms. The normalized spacial score (nSPS) is 17.0. The van der Waals surface area contributed by atoms with Gasteiger partial charge in [-0.15, -0.1) is 0 Å². The molecule has 0 spiro atoms. The Balaban J connectivity index is 2.05. The summed E-state index contributed by atoms with van der Waals surface area (Å²) in [5.74, 6) is -0.528. The van der Waals surface area contributed by atoms with Gasteiger partial charge in [-0.3, -0.25) is 14.5 Å². The van der Waals surface area contributed by atoms with Crippen molar-refractivity contribution in [1.82, 2.24) is 4.90 Å². The summed E-state index contributed by atoms with van der Waals surface area (Å²) in [4.78, 5) is 37.5. The Morgan fingerprint density at radius 2 is 1.92 bits per heavy atom. The number of nitrogens with one attached hydrogen (secondary N) is 2. The van der Waals surface area contributed by atoms with E-state index in [2.05, 4.69) is 10.6 Å². The van der Waals surface area contributed by atoms with Gasteiger partial charge in [0.05, 0.1) is 10.7 Å². The van der Waals surface area contributed by atoms with Crippen LogP contribution in [0.3, 0.4) is 0 Å². The first-order valence-corrected chi connectivity index (χ1v) is 8.82. The van der Waals surface area contributed by atoms with Crippen molar-refractivity contribution >= 4 is 40.9 Å². The van der Waals surface area contributed by atoms with Crippen molar-refractivity contribution in [3.8, 4) is 0 Å². The van der Waals surface area contributed by atoms with E-state index < -0.39 is 17.7 Å². The van der Waals surface area contributed by atoms with Crippen LogP contribution in [0.4, 0.5) is 16.2 Å². The number of carbonyl (C=O) groups excluding carboxylic acids is 3. The van der Waals surface area contributed by atoms with Crippen molar-refractivity contribution in [3.05, 3.63) is 23.2 Å². The Hall–Kier alpha value is -2.28. The number of carbonyl (C=O) groups is 3. The fourth-order valence-corrected chi connectivity index (χ4v) is 2.92. The third kappa shape index (κ3) is 5.36. The van der Waals surface area contributed by atoms with Gasteiger partial charge in [-0.1, -0.05) is 11.6 Å². The molecule has 2 rings (SSSR count). The molecule has 1 aromatic carbocycles. The lowest BCUT2D eigenvalue weighted by molar-refractivity contribution is -0.120. The van der Waals surface area contributed by atoms with E-state index >= 15 is 0 Å². The number of benzene rings is 1. The van der Waals surface area contributed by atoms with Crippen molar-refractivity contribution < 1.29 is 19.1 Å². The monoisotopic (exact) mass is 381 g/mol. The summed E-state index contributed by atoms with van der Waals surface area (Å²) in [6.45, 7) is 7.23. The third-order valence-corrected chi connectivity index (χ3v) is 4.04. The van der Waals surface area contributed by atoms with Crippen LogP contribution in [0, 0.1) is 0 Å². The molecule has 0 aromatic heterocycles. The molecular weight excluding hydrogens is 358 g/mol. The molecule has 1 atom stereocenters. The Kier molecular flexibility index (Phi) is 6.13. The summed E-state index contributed by atoms with van der Waals surface area (Å²) >= 11 is 6.12. The van der Waals surface area contributed by atoms with Crippen LogP contribution in [0.2, 0.25) is 5.02 Å². The molecule has 1 aromatic rings. The SMILES string of the molecule is CC(=O)Nc1ccc(NC(=O)C2CCCN2C(=O)OC(C)(C)C)cc1Cl. The number of anilines is 2. The van der Waals surface area contributed by atoms with Gasteiger partial charge in [0.2, 0.25) is 11.8 Å². The van der Waals surface area contributed by atoms with E-state index in [-0.39, 0.29) is 11.8 Å². The van der Waals surface area contributed by atoms with E-state index in [0.717, 1.165) is 6.42 Å². The minimum Gasteiger partial charge on any atom is -0.444 e. The van der Waals surface area contributed by atoms with E-state index in [9.17, 15) is 14.4 Å². The number of nitrogens with zero attached hydrogens (tertiary/aromatic N) is 1. The first kappa shape index (κ1) is 20.0. The lowest BCUT2D eigenvalue weighted by atomic mass is 10.2. The zero-order valence-corrected chi connectivity index (χ0v) is 16.1. The van der Waals surface area contributed by atoms with Gasteiger partial charge in [-0.05, 0) is 51.8 Å². The predicted octanol–water partition coefficient (Wildman–Crippen LogP) is 3.64. The van der Waals surface area contributed by atoms with Crippen molar-refractivity contribution in [2.75, 3.05) is 17.2 Å². The van der Waals surface area contributed by atoms with Gasteiger partial charge in [-0.25, -0.2) is 4.79 Å². The topological polar surface area (TPSA) is 87.7 Å². The summed E-state index contributed by atoms with van der Waals surface area (Å²) in [6.07, 6.45) is 0.816. The first-order chi connectivity index (χ1) is 12.1. The molecule has 1 heterocycles. The maximum absolute atomic E-state index is 12.6. The highest BCUT2D eigenvalue weighted by atomic mass is 35.5. The second-order valence-electron chi connectivity index (χ2n) is 7.20. The molecule has 1 aliphatic heterocycles. The maximum atomic E-state index is 12.6. The molecule has 0 bridgehead atoms. The molecule has 142 valence electrons. The molecule has 3 amide bonds. The molecule has 0 aliphatic carbocycles. The Bertz CT molecular complexity index is 715. The van der Waals surface area contributed by atoms with Gasteiger partial charge in [0.25, 0.3) is 0 Å². The van der Waals surface area contributed by atoms with Gasteiger partial charge < -0.3 is 15.4 Å². The van der Waals surface area contributed by atoms with E-state index in [0.29, 0.717) is 29.4 Å². The van der Waals surface area contributed by atoms with Gasteiger partial charge in [0.1, 0.15) is 11.6 Å². The fraction of sp³-hybridized carbons (Fsp3) is 0.500. The average molecular weight is 382 g/mol. The Morgan fingerprint density at radius 1 is 1.23 bits per heavy atom.